The van der Waals surface area contributed by atoms with E-state index in [1.54, 1.807) is 41.5 Å². The number of Topliss-reactive ketones (excluding diaryl/α,β-unsaturated/α-hetero) is 2. The highest BCUT2D eigenvalue weighted by Gasteiger charge is 2.33. The Hall–Kier alpha value is -2.50. The Balaban J connectivity index is 3.84. The number of aromatic carboxylic acids is 2. The van der Waals surface area contributed by atoms with Crippen LogP contribution < -0.4 is 0 Å². The van der Waals surface area contributed by atoms with Gasteiger partial charge in [0.1, 0.15) is 0 Å². The number of carboxylic acids is 2. The summed E-state index contributed by atoms with van der Waals surface area (Å²) in [4.78, 5) is 48.1. The van der Waals surface area contributed by atoms with Gasteiger partial charge in [0.2, 0.25) is 0 Å². The molecular weight excluding hydrogens is 312 g/mol. The van der Waals surface area contributed by atoms with Crippen molar-refractivity contribution in [2.75, 3.05) is 0 Å². The normalized spacial score (nSPS) is 11.9. The molecule has 2 N–H and O–H groups in total. The molecule has 0 saturated carbocycles. The summed E-state index contributed by atoms with van der Waals surface area (Å²) in [7, 11) is 0. The molecule has 130 valence electrons. The fourth-order valence-corrected chi connectivity index (χ4v) is 2.14. The van der Waals surface area contributed by atoms with Gasteiger partial charge >= 0.3 is 11.9 Å². The molecule has 0 heterocycles. The van der Waals surface area contributed by atoms with Crippen LogP contribution in [0.2, 0.25) is 0 Å². The quantitative estimate of drug-likeness (QED) is 0.815. The van der Waals surface area contributed by atoms with Crippen molar-refractivity contribution in [1.82, 2.24) is 0 Å². The fraction of sp³-hybridized carbons (Fsp3) is 0.444. The molecule has 0 bridgehead atoms. The maximum absolute atomic E-state index is 12.6. The van der Waals surface area contributed by atoms with E-state index in [-0.39, 0.29) is 11.1 Å². The summed E-state index contributed by atoms with van der Waals surface area (Å²) < 4.78 is 0. The molecule has 0 spiro atoms. The Labute approximate surface area is 140 Å². The molecule has 0 saturated heterocycles. The first-order valence-corrected chi connectivity index (χ1v) is 7.42. The van der Waals surface area contributed by atoms with Gasteiger partial charge in [0.25, 0.3) is 0 Å². The number of ketones is 2. The van der Waals surface area contributed by atoms with Crippen molar-refractivity contribution in [3.05, 3.63) is 34.4 Å². The van der Waals surface area contributed by atoms with E-state index in [1.807, 2.05) is 0 Å². The molecule has 1 rings (SSSR count). The second-order valence-corrected chi connectivity index (χ2v) is 7.71. The summed E-state index contributed by atoms with van der Waals surface area (Å²) in [6.45, 7) is 9.73. The maximum atomic E-state index is 12.6. The lowest BCUT2D eigenvalue weighted by Gasteiger charge is -2.22. The van der Waals surface area contributed by atoms with Gasteiger partial charge in [-0.15, -0.1) is 0 Å². The van der Waals surface area contributed by atoms with Crippen LogP contribution in [0.15, 0.2) is 12.1 Å². The van der Waals surface area contributed by atoms with Crippen LogP contribution in [0.4, 0.5) is 0 Å². The van der Waals surface area contributed by atoms with Crippen molar-refractivity contribution in [1.29, 1.82) is 0 Å². The average Bonchev–Trinajstić information content (AvgIpc) is 2.41. The molecular formula is C18H22O6. The van der Waals surface area contributed by atoms with E-state index in [9.17, 15) is 29.4 Å². The molecule has 0 atom stereocenters. The Morgan fingerprint density at radius 2 is 0.875 bits per heavy atom. The average molecular weight is 334 g/mol. The summed E-state index contributed by atoms with van der Waals surface area (Å²) in [5.74, 6) is -3.78. The third kappa shape index (κ3) is 3.88. The first-order valence-electron chi connectivity index (χ1n) is 7.42. The third-order valence-corrected chi connectivity index (χ3v) is 3.47. The van der Waals surface area contributed by atoms with Crippen molar-refractivity contribution in [2.45, 2.75) is 41.5 Å². The zero-order chi connectivity index (χ0) is 19.0. The van der Waals surface area contributed by atoms with Gasteiger partial charge in [-0.05, 0) is 12.1 Å². The number of carboxylic acid groups (broad SMARTS) is 2. The highest BCUT2D eigenvalue weighted by atomic mass is 16.4. The van der Waals surface area contributed by atoms with Crippen LogP contribution in [0, 0.1) is 10.8 Å². The van der Waals surface area contributed by atoms with Crippen LogP contribution in [0.1, 0.15) is 83.0 Å². The zero-order valence-corrected chi connectivity index (χ0v) is 14.7. The highest BCUT2D eigenvalue weighted by Crippen LogP contribution is 2.29. The molecule has 0 aliphatic heterocycles. The predicted molar refractivity (Wildman–Crippen MR) is 87.9 cm³/mol. The number of benzene rings is 1. The van der Waals surface area contributed by atoms with E-state index >= 15 is 0 Å². The van der Waals surface area contributed by atoms with Crippen LogP contribution in [-0.2, 0) is 0 Å². The molecule has 0 unspecified atom stereocenters. The smallest absolute Gasteiger partial charge is 0.336 e. The van der Waals surface area contributed by atoms with Crippen molar-refractivity contribution in [2.24, 2.45) is 10.8 Å². The van der Waals surface area contributed by atoms with Gasteiger partial charge in [-0.2, -0.15) is 0 Å². The summed E-state index contributed by atoms with van der Waals surface area (Å²) in [6, 6.07) is 2.00. The SMILES string of the molecule is CC(C)(C)C(=O)c1cc(C(=O)C(C)(C)C)c(C(=O)O)cc1C(=O)O. The van der Waals surface area contributed by atoms with Crippen LogP contribution in [0.3, 0.4) is 0 Å². The van der Waals surface area contributed by atoms with Crippen LogP contribution in [0.25, 0.3) is 0 Å². The second-order valence-electron chi connectivity index (χ2n) is 7.71. The van der Waals surface area contributed by atoms with Gasteiger partial charge in [0.15, 0.2) is 11.6 Å². The molecule has 0 amide bonds. The minimum Gasteiger partial charge on any atom is -0.478 e. The van der Waals surface area contributed by atoms with Gasteiger partial charge in [0, 0.05) is 22.0 Å². The van der Waals surface area contributed by atoms with E-state index in [0.717, 1.165) is 12.1 Å². The summed E-state index contributed by atoms with van der Waals surface area (Å²) in [5, 5.41) is 18.7. The van der Waals surface area contributed by atoms with Gasteiger partial charge in [-0.25, -0.2) is 9.59 Å². The molecule has 6 heteroatoms. The largest absolute Gasteiger partial charge is 0.478 e. The third-order valence-electron chi connectivity index (χ3n) is 3.47. The lowest BCUT2D eigenvalue weighted by Crippen LogP contribution is -2.27. The number of hydrogen-bond acceptors (Lipinski definition) is 4. The lowest BCUT2D eigenvalue weighted by molar-refractivity contribution is 0.0682. The van der Waals surface area contributed by atoms with E-state index in [2.05, 4.69) is 0 Å². The van der Waals surface area contributed by atoms with Crippen LogP contribution >= 0.6 is 0 Å². The monoisotopic (exact) mass is 334 g/mol. The standard InChI is InChI=1S/C18H22O6/c1-17(2,3)13(19)9-7-10(14(20)18(4,5)6)12(16(23)24)8-11(9)15(21)22/h7-8H,1-6H3,(H,21,22)(H,23,24). The zero-order valence-electron chi connectivity index (χ0n) is 14.7. The van der Waals surface area contributed by atoms with E-state index in [1.165, 1.54) is 0 Å². The minimum absolute atomic E-state index is 0.160. The fourth-order valence-electron chi connectivity index (χ4n) is 2.14. The topological polar surface area (TPSA) is 109 Å². The Morgan fingerprint density at radius 1 is 0.625 bits per heavy atom. The van der Waals surface area contributed by atoms with Crippen molar-refractivity contribution in [3.8, 4) is 0 Å². The summed E-state index contributed by atoms with van der Waals surface area (Å²) in [6.07, 6.45) is 0. The molecule has 1 aromatic rings. The van der Waals surface area contributed by atoms with E-state index < -0.39 is 45.5 Å². The highest BCUT2D eigenvalue weighted by molar-refractivity contribution is 6.14. The van der Waals surface area contributed by atoms with Crippen molar-refractivity contribution < 1.29 is 29.4 Å². The van der Waals surface area contributed by atoms with Crippen LogP contribution in [0.5, 0.6) is 0 Å². The maximum Gasteiger partial charge on any atom is 0.336 e. The molecule has 6 nitrogen and oxygen atoms in total. The van der Waals surface area contributed by atoms with E-state index in [4.69, 9.17) is 0 Å². The molecule has 0 aliphatic rings. The van der Waals surface area contributed by atoms with Gasteiger partial charge in [-0.3, -0.25) is 9.59 Å². The first-order chi connectivity index (χ1) is 10.7. The first kappa shape index (κ1) is 19.5. The minimum atomic E-state index is -1.42. The molecule has 24 heavy (non-hydrogen) atoms. The Bertz CT molecular complexity index is 670. The predicted octanol–water partition coefficient (Wildman–Crippen LogP) is 3.54. The van der Waals surface area contributed by atoms with Gasteiger partial charge in [-0.1, -0.05) is 41.5 Å². The number of hydrogen-bond donors (Lipinski definition) is 2. The molecule has 0 aromatic heterocycles. The summed E-state index contributed by atoms with van der Waals surface area (Å²) >= 11 is 0. The lowest BCUT2D eigenvalue weighted by atomic mass is 9.79. The molecule has 1 aromatic carbocycles. The summed E-state index contributed by atoms with van der Waals surface area (Å²) in [5.41, 5.74) is -2.91. The number of carbonyl (C=O) groups excluding carboxylic acids is 2. The Morgan fingerprint density at radius 3 is 1.08 bits per heavy atom. The van der Waals surface area contributed by atoms with Crippen molar-refractivity contribution >= 4 is 23.5 Å². The van der Waals surface area contributed by atoms with Crippen LogP contribution in [-0.4, -0.2) is 33.7 Å². The number of rotatable bonds is 4. The molecule has 0 aliphatic carbocycles. The molecule has 0 radical (unpaired) electrons. The second kappa shape index (κ2) is 6.19. The van der Waals surface area contributed by atoms with E-state index in [0.29, 0.717) is 0 Å². The van der Waals surface area contributed by atoms with Crippen molar-refractivity contribution in [3.63, 3.8) is 0 Å². The Kier molecular flexibility index (Phi) is 5.04. The van der Waals surface area contributed by atoms with Gasteiger partial charge in [0.05, 0.1) is 11.1 Å². The number of carbonyl (C=O) groups is 4. The molecule has 0 fully saturated rings. The van der Waals surface area contributed by atoms with Gasteiger partial charge < -0.3 is 10.2 Å².